The predicted molar refractivity (Wildman–Crippen MR) is 216 cm³/mol. The molecule has 3 aliphatic rings. The molecule has 3 aromatic rings. The standard InChI is InChI=1S/C41H49BINO7Si/c1-7-26(20-27-21-33(43)38(45)35(22-27)49-6)18-19-34-36-28(23-31-37(32(36)24-42(48)51-34)40(47)44(5)39(31)46)25-50-52(41(2,3)4,29-14-10-8-11-15-29)30-16-12-9-13-17-30/h8-17,20-22,31-32,34,37,45,48H,7,18-19,23-25H2,1-6H3/b26-20+/t31-,32+,34-,37-/m1/s1. The zero-order valence-electron chi connectivity index (χ0n) is 30.9. The van der Waals surface area contributed by atoms with Crippen LogP contribution in [0.25, 0.3) is 6.08 Å². The third-order valence-electron chi connectivity index (χ3n) is 11.2. The van der Waals surface area contributed by atoms with Gasteiger partial charge < -0.3 is 23.9 Å². The minimum atomic E-state index is -2.93. The van der Waals surface area contributed by atoms with Gasteiger partial charge >= 0.3 is 7.12 Å². The van der Waals surface area contributed by atoms with Gasteiger partial charge in [0.25, 0.3) is 8.32 Å². The van der Waals surface area contributed by atoms with E-state index in [0.717, 1.165) is 23.1 Å². The van der Waals surface area contributed by atoms with Crippen LogP contribution in [0.4, 0.5) is 0 Å². The summed E-state index contributed by atoms with van der Waals surface area (Å²) in [6.07, 6.45) is 4.41. The van der Waals surface area contributed by atoms with E-state index < -0.39 is 33.4 Å². The Kier molecular flexibility index (Phi) is 11.6. The summed E-state index contributed by atoms with van der Waals surface area (Å²) in [5.41, 5.74) is 4.12. The Morgan fingerprint density at radius 1 is 1.04 bits per heavy atom. The first-order valence-corrected chi connectivity index (χ1v) is 21.2. The maximum atomic E-state index is 13.7. The van der Waals surface area contributed by atoms with Crippen LogP contribution in [0.15, 0.2) is 89.5 Å². The van der Waals surface area contributed by atoms with Crippen LogP contribution < -0.4 is 15.1 Å². The van der Waals surface area contributed by atoms with Gasteiger partial charge in [0.1, 0.15) is 0 Å². The van der Waals surface area contributed by atoms with Crippen LogP contribution in [-0.2, 0) is 18.7 Å². The zero-order chi connectivity index (χ0) is 37.4. The number of aromatic hydroxyl groups is 1. The number of rotatable bonds is 11. The number of imide groups is 1. The second kappa shape index (κ2) is 15.6. The van der Waals surface area contributed by atoms with Gasteiger partial charge in [0, 0.05) is 7.05 Å². The number of hydrogen-bond acceptors (Lipinski definition) is 7. The summed E-state index contributed by atoms with van der Waals surface area (Å²) in [5.74, 6) is -1.15. The lowest BCUT2D eigenvalue weighted by molar-refractivity contribution is -0.138. The molecule has 0 spiro atoms. The second-order valence-electron chi connectivity index (χ2n) is 15.3. The van der Waals surface area contributed by atoms with Gasteiger partial charge in [-0.2, -0.15) is 0 Å². The molecule has 2 heterocycles. The molecule has 0 radical (unpaired) electrons. The molecular formula is C41H49BINO7Si. The third-order valence-corrected chi connectivity index (χ3v) is 17.0. The lowest BCUT2D eigenvalue weighted by Crippen LogP contribution is -2.66. The van der Waals surface area contributed by atoms with Crippen LogP contribution in [-0.4, -0.2) is 69.1 Å². The van der Waals surface area contributed by atoms with E-state index in [1.807, 2.05) is 24.3 Å². The van der Waals surface area contributed by atoms with Crippen molar-refractivity contribution >= 4 is 66.3 Å². The predicted octanol–water partition coefficient (Wildman–Crippen LogP) is 6.58. The molecule has 3 aromatic carbocycles. The summed E-state index contributed by atoms with van der Waals surface area (Å²) in [4.78, 5) is 28.5. The highest BCUT2D eigenvalue weighted by Gasteiger charge is 2.57. The summed E-state index contributed by atoms with van der Waals surface area (Å²) in [7, 11) is -0.866. The average molecular weight is 834 g/mol. The highest BCUT2D eigenvalue weighted by atomic mass is 127. The molecule has 0 bridgehead atoms. The molecule has 0 unspecified atom stereocenters. The molecule has 8 nitrogen and oxygen atoms in total. The van der Waals surface area contributed by atoms with Gasteiger partial charge in [-0.25, -0.2) is 0 Å². The molecule has 0 aromatic heterocycles. The van der Waals surface area contributed by atoms with E-state index in [1.165, 1.54) is 20.8 Å². The lowest BCUT2D eigenvalue weighted by atomic mass is 9.58. The summed E-state index contributed by atoms with van der Waals surface area (Å²) < 4.78 is 19.9. The number of fused-ring (bicyclic) bond motifs is 3. The molecule has 2 N–H and O–H groups in total. The topological polar surface area (TPSA) is 106 Å². The Hall–Kier alpha value is -3.23. The number of amides is 2. The minimum Gasteiger partial charge on any atom is -0.504 e. The van der Waals surface area contributed by atoms with Gasteiger partial charge in [0.05, 0.1) is 35.2 Å². The van der Waals surface area contributed by atoms with Crippen molar-refractivity contribution in [2.45, 2.75) is 70.8 Å². The molecule has 1 aliphatic carbocycles. The number of benzene rings is 3. The van der Waals surface area contributed by atoms with Crippen LogP contribution in [0.3, 0.4) is 0 Å². The van der Waals surface area contributed by atoms with Crippen LogP contribution in [0.1, 0.15) is 58.9 Å². The zero-order valence-corrected chi connectivity index (χ0v) is 34.1. The number of carbonyl (C=O) groups excluding carboxylic acids is 2. The van der Waals surface area contributed by atoms with Gasteiger partial charge in [-0.3, -0.25) is 14.5 Å². The summed E-state index contributed by atoms with van der Waals surface area (Å²) in [6.45, 7) is 9.15. The van der Waals surface area contributed by atoms with Crippen molar-refractivity contribution in [3.8, 4) is 11.5 Å². The molecule has 11 heteroatoms. The molecule has 2 aliphatic heterocycles. The van der Waals surface area contributed by atoms with Gasteiger partial charge in [-0.05, 0) is 105 Å². The minimum absolute atomic E-state index is 0.120. The van der Waals surface area contributed by atoms with E-state index in [9.17, 15) is 19.7 Å². The molecule has 52 heavy (non-hydrogen) atoms. The number of hydrogen-bond donors (Lipinski definition) is 2. The molecule has 4 atom stereocenters. The normalized spacial score (nSPS) is 22.5. The van der Waals surface area contributed by atoms with Crippen LogP contribution in [0.2, 0.25) is 11.4 Å². The molecular weight excluding hydrogens is 784 g/mol. The smallest absolute Gasteiger partial charge is 0.455 e. The van der Waals surface area contributed by atoms with E-state index in [0.29, 0.717) is 35.2 Å². The number of phenols is 1. The summed E-state index contributed by atoms with van der Waals surface area (Å²) >= 11 is 2.10. The quantitative estimate of drug-likeness (QED) is 0.0974. The number of allylic oxidation sites excluding steroid dienone is 1. The van der Waals surface area contributed by atoms with Crippen LogP contribution in [0.5, 0.6) is 11.5 Å². The molecule has 2 fully saturated rings. The van der Waals surface area contributed by atoms with Crippen LogP contribution >= 0.6 is 22.6 Å². The second-order valence-corrected chi connectivity index (χ2v) is 20.7. The van der Waals surface area contributed by atoms with E-state index >= 15 is 0 Å². The van der Waals surface area contributed by atoms with Crippen molar-refractivity contribution in [2.75, 3.05) is 20.8 Å². The third kappa shape index (κ3) is 7.19. The Labute approximate surface area is 322 Å². The number of ether oxygens (including phenoxy) is 1. The van der Waals surface area contributed by atoms with Gasteiger partial charge in [-0.15, -0.1) is 0 Å². The molecule has 6 rings (SSSR count). The first-order chi connectivity index (χ1) is 24.8. The van der Waals surface area contributed by atoms with Crippen molar-refractivity contribution in [3.63, 3.8) is 0 Å². The highest BCUT2D eigenvalue weighted by molar-refractivity contribution is 14.1. The summed E-state index contributed by atoms with van der Waals surface area (Å²) in [5, 5.41) is 23.6. The number of likely N-dealkylation sites (tertiary alicyclic amines) is 1. The first-order valence-electron chi connectivity index (χ1n) is 18.2. The van der Waals surface area contributed by atoms with Crippen molar-refractivity contribution < 1.29 is 33.5 Å². The largest absolute Gasteiger partial charge is 0.504 e. The maximum absolute atomic E-state index is 13.7. The van der Waals surface area contributed by atoms with Crippen molar-refractivity contribution in [1.82, 2.24) is 4.90 Å². The van der Waals surface area contributed by atoms with E-state index in [1.54, 1.807) is 14.2 Å². The fourth-order valence-electron chi connectivity index (χ4n) is 8.75. The SMILES string of the molecule is CC/C(=C\c1cc(I)c(O)c(OC)c1)CC[C@H]1OB(O)C[C@H]2C1=C(CO[Si](c1ccccc1)(c1ccccc1)C(C)(C)C)C[C@H]1C(=O)N(C)C(=O)[C@H]12. The molecule has 0 saturated carbocycles. The molecule has 2 saturated heterocycles. The first kappa shape index (κ1) is 38.5. The molecule has 274 valence electrons. The van der Waals surface area contributed by atoms with E-state index in [2.05, 4.69) is 105 Å². The lowest BCUT2D eigenvalue weighted by Gasteiger charge is -2.46. The van der Waals surface area contributed by atoms with Crippen molar-refractivity contribution in [2.24, 2.45) is 17.8 Å². The van der Waals surface area contributed by atoms with Gasteiger partial charge in [-0.1, -0.05) is 100 Å². The van der Waals surface area contributed by atoms with Gasteiger partial charge in [0.15, 0.2) is 11.5 Å². The van der Waals surface area contributed by atoms with Gasteiger partial charge in [0.2, 0.25) is 11.8 Å². The van der Waals surface area contributed by atoms with E-state index in [-0.39, 0.29) is 34.8 Å². The Bertz CT molecular complexity index is 1820. The highest BCUT2D eigenvalue weighted by Crippen LogP contribution is 2.51. The van der Waals surface area contributed by atoms with E-state index in [4.69, 9.17) is 13.8 Å². The van der Waals surface area contributed by atoms with Crippen LogP contribution in [0, 0.1) is 21.3 Å². The number of carbonyl (C=O) groups is 2. The van der Waals surface area contributed by atoms with Crippen molar-refractivity contribution in [3.05, 3.63) is 98.6 Å². The Morgan fingerprint density at radius 2 is 1.67 bits per heavy atom. The number of nitrogens with zero attached hydrogens (tertiary/aromatic N) is 1. The summed E-state index contributed by atoms with van der Waals surface area (Å²) in [6, 6.07) is 24.7. The number of methoxy groups -OCH3 is 1. The fraction of sp³-hybridized carbons (Fsp3) is 0.415. The average Bonchev–Trinajstić information content (AvgIpc) is 3.34. The maximum Gasteiger partial charge on any atom is 0.455 e. The Balaban J connectivity index is 1.41. The molecule has 2 amide bonds. The number of phenolic OH excluding ortho intramolecular Hbond substituents is 1. The fourth-order valence-corrected chi connectivity index (χ4v) is 13.9. The monoisotopic (exact) mass is 833 g/mol. The Morgan fingerprint density at radius 3 is 2.25 bits per heavy atom. The number of halogens is 1. The van der Waals surface area contributed by atoms with Crippen molar-refractivity contribution in [1.29, 1.82) is 0 Å².